The van der Waals surface area contributed by atoms with Gasteiger partial charge in [-0.05, 0) is 31.2 Å². The fourth-order valence-electron chi connectivity index (χ4n) is 3.01. The number of halogens is 3. The van der Waals surface area contributed by atoms with E-state index in [9.17, 15) is 18.0 Å². The number of hydrogen-bond donors (Lipinski definition) is 2. The molecule has 2 aromatic heterocycles. The topological polar surface area (TPSA) is 80.5 Å². The molecular formula is C18H16F3N5O2. The van der Waals surface area contributed by atoms with Crippen LogP contribution in [0.25, 0.3) is 5.65 Å². The highest BCUT2D eigenvalue weighted by atomic mass is 19.3. The van der Waals surface area contributed by atoms with Crippen LogP contribution in [-0.4, -0.2) is 39.6 Å². The van der Waals surface area contributed by atoms with Crippen LogP contribution in [0, 0.1) is 5.82 Å². The lowest BCUT2D eigenvalue weighted by atomic mass is 10.1. The summed E-state index contributed by atoms with van der Waals surface area (Å²) in [6.07, 6.45) is -1.55. The van der Waals surface area contributed by atoms with E-state index >= 15 is 0 Å². The highest BCUT2D eigenvalue weighted by Crippen LogP contribution is 2.30. The molecule has 28 heavy (non-hydrogen) atoms. The third kappa shape index (κ3) is 3.32. The van der Waals surface area contributed by atoms with Gasteiger partial charge in [-0.1, -0.05) is 0 Å². The quantitative estimate of drug-likeness (QED) is 0.667. The summed E-state index contributed by atoms with van der Waals surface area (Å²) < 4.78 is 47.6. The maximum Gasteiger partial charge on any atom is 0.276 e. The van der Waals surface area contributed by atoms with Gasteiger partial charge in [-0.15, -0.1) is 0 Å². The van der Waals surface area contributed by atoms with Gasteiger partial charge in [0.25, 0.3) is 12.3 Å². The Labute approximate surface area is 157 Å². The Morgan fingerprint density at radius 1 is 1.32 bits per heavy atom. The van der Waals surface area contributed by atoms with Crippen molar-refractivity contribution < 1.29 is 22.7 Å². The van der Waals surface area contributed by atoms with Crippen LogP contribution in [0.3, 0.4) is 0 Å². The molecule has 2 N–H and O–H groups in total. The number of carbonyl (C=O) groups excluding carboxylic acids is 1. The number of ether oxygens (including phenoxy) is 1. The Morgan fingerprint density at radius 2 is 2.14 bits per heavy atom. The first-order valence-corrected chi connectivity index (χ1v) is 8.56. The van der Waals surface area contributed by atoms with Crippen molar-refractivity contribution in [1.29, 1.82) is 0 Å². The van der Waals surface area contributed by atoms with E-state index in [0.717, 1.165) is 6.07 Å². The van der Waals surface area contributed by atoms with Gasteiger partial charge in [-0.2, -0.15) is 5.10 Å². The van der Waals surface area contributed by atoms with Crippen molar-refractivity contribution in [3.05, 3.63) is 53.6 Å². The summed E-state index contributed by atoms with van der Waals surface area (Å²) in [6.45, 7) is 1.29. The summed E-state index contributed by atoms with van der Waals surface area (Å²) in [5, 5.41) is 9.55. The van der Waals surface area contributed by atoms with Crippen LogP contribution in [0.5, 0.6) is 5.75 Å². The minimum Gasteiger partial charge on any atom is -0.482 e. The molecule has 1 aliphatic heterocycles. The number of amides is 1. The Morgan fingerprint density at radius 3 is 2.93 bits per heavy atom. The van der Waals surface area contributed by atoms with E-state index in [4.69, 9.17) is 4.74 Å². The largest absolute Gasteiger partial charge is 0.482 e. The summed E-state index contributed by atoms with van der Waals surface area (Å²) in [4.78, 5) is 16.8. The molecule has 10 heteroatoms. The van der Waals surface area contributed by atoms with Crippen LogP contribution in [0.4, 0.5) is 19.0 Å². The van der Waals surface area contributed by atoms with E-state index < -0.39 is 36.8 Å². The number of hydrogen-bond acceptors (Lipinski definition) is 5. The summed E-state index contributed by atoms with van der Waals surface area (Å²) in [5.74, 6) is -0.608. The van der Waals surface area contributed by atoms with Crippen LogP contribution in [-0.2, 0) is 0 Å². The average molecular weight is 391 g/mol. The van der Waals surface area contributed by atoms with E-state index in [1.807, 2.05) is 0 Å². The molecular weight excluding hydrogens is 375 g/mol. The molecule has 4 rings (SSSR count). The van der Waals surface area contributed by atoms with Crippen molar-refractivity contribution in [2.24, 2.45) is 0 Å². The zero-order valence-electron chi connectivity index (χ0n) is 14.7. The maximum atomic E-state index is 13.8. The molecule has 146 valence electrons. The lowest BCUT2D eigenvalue weighted by molar-refractivity contribution is 0.0120. The highest BCUT2D eigenvalue weighted by molar-refractivity contribution is 5.99. The second-order valence-corrected chi connectivity index (χ2v) is 6.39. The minimum absolute atomic E-state index is 0.101. The second-order valence-electron chi connectivity index (χ2n) is 6.39. The first-order valence-electron chi connectivity index (χ1n) is 8.56. The van der Waals surface area contributed by atoms with Gasteiger partial charge in [-0.3, -0.25) is 4.79 Å². The molecule has 0 radical (unpaired) electrons. The molecule has 1 amide bonds. The molecule has 2 bridgehead atoms. The van der Waals surface area contributed by atoms with Crippen LogP contribution < -0.4 is 15.4 Å². The monoisotopic (exact) mass is 391 g/mol. The summed E-state index contributed by atoms with van der Waals surface area (Å²) >= 11 is 0. The number of alkyl halides is 2. The van der Waals surface area contributed by atoms with Crippen molar-refractivity contribution in [2.45, 2.75) is 25.5 Å². The molecule has 2 atom stereocenters. The molecule has 1 aliphatic rings. The van der Waals surface area contributed by atoms with E-state index in [0.29, 0.717) is 11.4 Å². The van der Waals surface area contributed by atoms with Crippen molar-refractivity contribution >= 4 is 17.4 Å². The molecule has 0 fully saturated rings. The summed E-state index contributed by atoms with van der Waals surface area (Å²) in [6, 6.07) is 4.78. The number of nitrogens with zero attached hydrogens (tertiary/aromatic N) is 3. The molecule has 0 saturated heterocycles. The number of carbonyl (C=O) groups is 1. The Hall–Kier alpha value is -3.30. The first-order chi connectivity index (χ1) is 13.4. The minimum atomic E-state index is -2.86. The summed E-state index contributed by atoms with van der Waals surface area (Å²) in [7, 11) is 0. The van der Waals surface area contributed by atoms with Gasteiger partial charge in [0.2, 0.25) is 0 Å². The second kappa shape index (κ2) is 7.02. The molecule has 1 unspecified atom stereocenters. The van der Waals surface area contributed by atoms with E-state index in [-0.39, 0.29) is 17.0 Å². The van der Waals surface area contributed by atoms with Gasteiger partial charge >= 0.3 is 0 Å². The fraction of sp³-hybridized carbons (Fsp3) is 0.278. The maximum absolute atomic E-state index is 13.8. The van der Waals surface area contributed by atoms with Crippen molar-refractivity contribution in [1.82, 2.24) is 19.9 Å². The van der Waals surface area contributed by atoms with Gasteiger partial charge in [-0.25, -0.2) is 22.7 Å². The van der Waals surface area contributed by atoms with Gasteiger partial charge in [0.05, 0.1) is 18.8 Å². The van der Waals surface area contributed by atoms with Gasteiger partial charge < -0.3 is 15.4 Å². The SMILES string of the molecule is C[C@H]1Nc2ccn3ncc(c3n2)C(=O)NCC(C(F)F)Oc2ccc(F)cc21. The third-order valence-corrected chi connectivity index (χ3v) is 4.44. The lowest BCUT2D eigenvalue weighted by Gasteiger charge is -2.23. The van der Waals surface area contributed by atoms with E-state index in [1.165, 1.54) is 22.8 Å². The van der Waals surface area contributed by atoms with Crippen LogP contribution >= 0.6 is 0 Å². The number of anilines is 1. The fourth-order valence-corrected chi connectivity index (χ4v) is 3.01. The number of benzene rings is 1. The molecule has 7 nitrogen and oxygen atoms in total. The number of aromatic nitrogens is 3. The molecule has 1 aromatic carbocycles. The van der Waals surface area contributed by atoms with E-state index in [2.05, 4.69) is 20.7 Å². The van der Waals surface area contributed by atoms with E-state index in [1.54, 1.807) is 19.2 Å². The van der Waals surface area contributed by atoms with Crippen molar-refractivity contribution in [3.8, 4) is 5.75 Å². The predicted molar refractivity (Wildman–Crippen MR) is 94.2 cm³/mol. The standard InChI is InChI=1S/C18H16F3N5O2/c1-9-11-6-10(19)2-3-13(11)28-14(16(20)21)8-22-18(27)12-7-23-26-5-4-15(24-9)25-17(12)26/h2-7,9,14,16H,8H2,1H3,(H,22,27)(H,24,25)/t9-,14?/m1/s1. The molecule has 0 aliphatic carbocycles. The van der Waals surface area contributed by atoms with Gasteiger partial charge in [0, 0.05) is 11.8 Å². The van der Waals surface area contributed by atoms with Crippen LogP contribution in [0.1, 0.15) is 28.9 Å². The number of fused-ring (bicyclic) bond motifs is 2. The third-order valence-electron chi connectivity index (χ3n) is 4.44. The predicted octanol–water partition coefficient (Wildman–Crippen LogP) is 2.80. The average Bonchev–Trinajstić information content (AvgIpc) is 3.08. The molecule has 0 saturated carbocycles. The van der Waals surface area contributed by atoms with Crippen molar-refractivity contribution in [2.75, 3.05) is 11.9 Å². The zero-order chi connectivity index (χ0) is 19.8. The molecule has 3 aromatic rings. The Balaban J connectivity index is 1.82. The first kappa shape index (κ1) is 18.1. The van der Waals surface area contributed by atoms with Gasteiger partial charge in [0.1, 0.15) is 22.9 Å². The van der Waals surface area contributed by atoms with Crippen molar-refractivity contribution in [3.63, 3.8) is 0 Å². The Bertz CT molecular complexity index is 1040. The zero-order valence-corrected chi connectivity index (χ0v) is 14.7. The number of rotatable bonds is 1. The molecule has 3 heterocycles. The summed E-state index contributed by atoms with van der Waals surface area (Å²) in [5.41, 5.74) is 0.765. The lowest BCUT2D eigenvalue weighted by Crippen LogP contribution is -2.39. The normalized spacial score (nSPS) is 19.8. The molecule has 0 spiro atoms. The van der Waals surface area contributed by atoms with Crippen LogP contribution in [0.15, 0.2) is 36.7 Å². The van der Waals surface area contributed by atoms with Gasteiger partial charge in [0.15, 0.2) is 11.8 Å². The van der Waals surface area contributed by atoms with Crippen LogP contribution in [0.2, 0.25) is 0 Å². The number of nitrogens with one attached hydrogen (secondary N) is 2. The highest BCUT2D eigenvalue weighted by Gasteiger charge is 2.27. The smallest absolute Gasteiger partial charge is 0.276 e. The Kier molecular flexibility index (Phi) is 4.54.